The average Bonchev–Trinajstić information content (AvgIpc) is 2.85. The lowest BCUT2D eigenvalue weighted by Crippen LogP contribution is -2.14. The van der Waals surface area contributed by atoms with Gasteiger partial charge in [0.05, 0.1) is 11.3 Å². The number of aromatic nitrogens is 1. The molecule has 2 nitrogen and oxygen atoms in total. The van der Waals surface area contributed by atoms with Crippen LogP contribution in [0.1, 0.15) is 34.5 Å². The minimum Gasteiger partial charge on any atom is -0.344 e. The van der Waals surface area contributed by atoms with Crippen molar-refractivity contribution in [2.75, 3.05) is 0 Å². The Hall–Kier alpha value is -2.41. The van der Waals surface area contributed by atoms with E-state index in [1.165, 1.54) is 12.1 Å². The van der Waals surface area contributed by atoms with Crippen LogP contribution in [0.15, 0.2) is 30.5 Å². The molecular formula is C16H11F2NO. The van der Waals surface area contributed by atoms with Gasteiger partial charge in [-0.1, -0.05) is 17.9 Å². The third-order valence-corrected chi connectivity index (χ3v) is 3.28. The zero-order chi connectivity index (χ0) is 14.1. The number of aryl methyl sites for hydroxylation is 1. The van der Waals surface area contributed by atoms with Gasteiger partial charge < -0.3 is 4.57 Å². The molecule has 1 aromatic heterocycles. The third-order valence-electron chi connectivity index (χ3n) is 3.28. The van der Waals surface area contributed by atoms with Gasteiger partial charge in [-0.15, -0.1) is 0 Å². The molecule has 0 atom stereocenters. The Morgan fingerprint density at radius 1 is 1.20 bits per heavy atom. The largest absolute Gasteiger partial charge is 0.344 e. The van der Waals surface area contributed by atoms with Crippen molar-refractivity contribution in [3.05, 3.63) is 58.9 Å². The Balaban J connectivity index is 1.95. The Bertz CT molecular complexity index is 750. The second kappa shape index (κ2) is 4.93. The predicted octanol–water partition coefficient (Wildman–Crippen LogP) is 3.14. The van der Waals surface area contributed by atoms with Crippen LogP contribution in [0.3, 0.4) is 0 Å². The maximum absolute atomic E-state index is 13.5. The van der Waals surface area contributed by atoms with Crippen molar-refractivity contribution in [3.8, 4) is 11.8 Å². The zero-order valence-corrected chi connectivity index (χ0v) is 10.6. The molecule has 20 heavy (non-hydrogen) atoms. The van der Waals surface area contributed by atoms with E-state index in [1.54, 1.807) is 12.3 Å². The molecular weight excluding hydrogens is 260 g/mol. The van der Waals surface area contributed by atoms with Crippen molar-refractivity contribution in [2.24, 2.45) is 0 Å². The maximum Gasteiger partial charge on any atom is 0.179 e. The van der Waals surface area contributed by atoms with Crippen molar-refractivity contribution in [3.63, 3.8) is 0 Å². The number of Topliss-reactive ketones (excluding diaryl/α,β-unsaturated/α-hetero) is 1. The van der Waals surface area contributed by atoms with Crippen LogP contribution in [0, 0.1) is 23.5 Å². The molecule has 0 saturated carbocycles. The summed E-state index contributed by atoms with van der Waals surface area (Å²) in [4.78, 5) is 11.7. The molecule has 3 rings (SSSR count). The average molecular weight is 271 g/mol. The van der Waals surface area contributed by atoms with Gasteiger partial charge in [0.15, 0.2) is 17.4 Å². The van der Waals surface area contributed by atoms with Crippen LogP contribution in [0.2, 0.25) is 0 Å². The summed E-state index contributed by atoms with van der Waals surface area (Å²) in [6.45, 7) is 0.789. The first-order valence-electron chi connectivity index (χ1n) is 6.34. The van der Waals surface area contributed by atoms with E-state index in [4.69, 9.17) is 0 Å². The Morgan fingerprint density at radius 3 is 2.85 bits per heavy atom. The molecule has 4 heteroatoms. The summed E-state index contributed by atoms with van der Waals surface area (Å²) >= 11 is 0. The van der Waals surface area contributed by atoms with Crippen LogP contribution in [0.5, 0.6) is 0 Å². The number of ketones is 1. The Morgan fingerprint density at radius 2 is 2.05 bits per heavy atom. The van der Waals surface area contributed by atoms with E-state index in [0.717, 1.165) is 19.0 Å². The van der Waals surface area contributed by atoms with Crippen LogP contribution in [0.25, 0.3) is 0 Å². The van der Waals surface area contributed by atoms with Crippen molar-refractivity contribution in [1.29, 1.82) is 0 Å². The number of rotatable bonds is 0. The molecule has 0 amide bonds. The fraction of sp³-hybridized carbons (Fsp3) is 0.188. The number of hydrogen-bond donors (Lipinski definition) is 0. The molecule has 1 aromatic carbocycles. The molecule has 2 heterocycles. The first-order valence-corrected chi connectivity index (χ1v) is 6.34. The van der Waals surface area contributed by atoms with Gasteiger partial charge in [0.1, 0.15) is 0 Å². The van der Waals surface area contributed by atoms with Gasteiger partial charge in [-0.25, -0.2) is 8.78 Å². The summed E-state index contributed by atoms with van der Waals surface area (Å²) in [6, 6.07) is 5.59. The van der Waals surface area contributed by atoms with Crippen molar-refractivity contribution in [1.82, 2.24) is 4.57 Å². The normalized spacial score (nSPS) is 13.6. The molecule has 2 aromatic rings. The summed E-state index contributed by atoms with van der Waals surface area (Å²) < 4.78 is 28.4. The van der Waals surface area contributed by atoms with Gasteiger partial charge in [-0.2, -0.15) is 0 Å². The predicted molar refractivity (Wildman–Crippen MR) is 70.3 cm³/mol. The minimum atomic E-state index is -0.944. The summed E-state index contributed by atoms with van der Waals surface area (Å²) in [7, 11) is 0. The summed E-state index contributed by atoms with van der Waals surface area (Å²) in [6.07, 6.45) is 3.15. The van der Waals surface area contributed by atoms with Crippen LogP contribution < -0.4 is 0 Å². The molecule has 1 aliphatic heterocycles. The van der Waals surface area contributed by atoms with Gasteiger partial charge in [0.2, 0.25) is 0 Å². The van der Waals surface area contributed by atoms with Crippen LogP contribution >= 0.6 is 0 Å². The van der Waals surface area contributed by atoms with Gasteiger partial charge in [-0.3, -0.25) is 4.79 Å². The molecule has 0 bridgehead atoms. The van der Waals surface area contributed by atoms with E-state index in [1.807, 2.05) is 4.57 Å². The first kappa shape index (κ1) is 12.6. The number of halogens is 2. The van der Waals surface area contributed by atoms with Crippen LogP contribution in [-0.4, -0.2) is 10.4 Å². The third kappa shape index (κ3) is 2.23. The molecule has 0 spiro atoms. The second-order valence-corrected chi connectivity index (χ2v) is 4.69. The molecule has 0 unspecified atom stereocenters. The molecule has 1 aliphatic rings. The highest BCUT2D eigenvalue weighted by molar-refractivity contribution is 5.95. The van der Waals surface area contributed by atoms with Gasteiger partial charge in [-0.05, 0) is 24.6 Å². The fourth-order valence-electron chi connectivity index (χ4n) is 2.28. The molecule has 0 radical (unpaired) electrons. The van der Waals surface area contributed by atoms with Crippen molar-refractivity contribution in [2.45, 2.75) is 19.4 Å². The second-order valence-electron chi connectivity index (χ2n) is 4.69. The quantitative estimate of drug-likeness (QED) is 0.675. The van der Waals surface area contributed by atoms with E-state index in [9.17, 15) is 13.6 Å². The van der Waals surface area contributed by atoms with Crippen LogP contribution in [-0.2, 0) is 6.54 Å². The highest BCUT2D eigenvalue weighted by Gasteiger charge is 2.17. The van der Waals surface area contributed by atoms with Gasteiger partial charge in [0, 0.05) is 24.7 Å². The maximum atomic E-state index is 13.5. The standard InChI is InChI=1S/C16H11F2NO/c17-13-4-1-3-12(16(13)18)7-6-11-9-14-15(20)5-2-8-19(14)10-11/h1,3-4,9-10H,2,5,8H2. The number of fused-ring (bicyclic) bond motifs is 1. The van der Waals surface area contributed by atoms with E-state index in [-0.39, 0.29) is 11.3 Å². The topological polar surface area (TPSA) is 22.0 Å². The highest BCUT2D eigenvalue weighted by Crippen LogP contribution is 2.18. The van der Waals surface area contributed by atoms with E-state index in [2.05, 4.69) is 11.8 Å². The number of nitrogens with zero attached hydrogens (tertiary/aromatic N) is 1. The van der Waals surface area contributed by atoms with Crippen molar-refractivity contribution < 1.29 is 13.6 Å². The van der Waals surface area contributed by atoms with Gasteiger partial charge in [0.25, 0.3) is 0 Å². The van der Waals surface area contributed by atoms with E-state index in [0.29, 0.717) is 17.7 Å². The Kier molecular flexibility index (Phi) is 3.11. The molecule has 0 fully saturated rings. The first-order chi connectivity index (χ1) is 9.65. The zero-order valence-electron chi connectivity index (χ0n) is 10.6. The lowest BCUT2D eigenvalue weighted by atomic mass is 10.1. The smallest absolute Gasteiger partial charge is 0.179 e. The van der Waals surface area contributed by atoms with Crippen molar-refractivity contribution >= 4 is 5.78 Å². The number of carbonyl (C=O) groups is 1. The minimum absolute atomic E-state index is 0.0144. The highest BCUT2D eigenvalue weighted by atomic mass is 19.2. The fourth-order valence-corrected chi connectivity index (χ4v) is 2.28. The molecule has 100 valence electrons. The molecule has 0 N–H and O–H groups in total. The summed E-state index contributed by atoms with van der Waals surface area (Å²) in [5, 5.41) is 0. The Labute approximate surface area is 115 Å². The SMILES string of the molecule is O=C1CCCn2cc(C#Cc3cccc(F)c3F)cc21. The number of benzene rings is 1. The molecule has 0 aliphatic carbocycles. The summed E-state index contributed by atoms with van der Waals surface area (Å²) in [5.41, 5.74) is 1.29. The summed E-state index contributed by atoms with van der Waals surface area (Å²) in [5.74, 6) is 3.62. The van der Waals surface area contributed by atoms with E-state index < -0.39 is 11.6 Å². The monoisotopic (exact) mass is 271 g/mol. The lowest BCUT2D eigenvalue weighted by Gasteiger charge is -2.12. The number of carbonyl (C=O) groups excluding carboxylic acids is 1. The molecule has 0 saturated heterocycles. The van der Waals surface area contributed by atoms with E-state index >= 15 is 0 Å². The lowest BCUT2D eigenvalue weighted by molar-refractivity contribution is 0.0955. The van der Waals surface area contributed by atoms with Gasteiger partial charge >= 0.3 is 0 Å². The number of hydrogen-bond acceptors (Lipinski definition) is 1. The van der Waals surface area contributed by atoms with Crippen LogP contribution in [0.4, 0.5) is 8.78 Å².